The van der Waals surface area contributed by atoms with Gasteiger partial charge in [-0.3, -0.25) is 4.79 Å². The molecule has 3 rings (SSSR count). The van der Waals surface area contributed by atoms with E-state index in [1.165, 1.54) is 5.56 Å². The summed E-state index contributed by atoms with van der Waals surface area (Å²) in [5.74, 6) is 1.64. The molecule has 1 aromatic carbocycles. The smallest absolute Gasteiger partial charge is 0.225 e. The zero-order valence-electron chi connectivity index (χ0n) is 12.9. The first-order chi connectivity index (χ1) is 10.1. The van der Waals surface area contributed by atoms with E-state index in [0.717, 1.165) is 38.8 Å². The number of rotatable bonds is 2. The number of hydrogen-bond donors (Lipinski definition) is 1. The van der Waals surface area contributed by atoms with E-state index in [2.05, 4.69) is 42.2 Å². The average Bonchev–Trinajstić information content (AvgIpc) is 2.94. The normalized spacial score (nSPS) is 33.1. The van der Waals surface area contributed by atoms with E-state index in [1.807, 2.05) is 0 Å². The minimum absolute atomic E-state index is 0.181. The maximum Gasteiger partial charge on any atom is 0.225 e. The zero-order valence-corrected chi connectivity index (χ0v) is 12.9. The van der Waals surface area contributed by atoms with Crippen LogP contribution in [0.1, 0.15) is 44.1 Å². The zero-order chi connectivity index (χ0) is 14.8. The molecule has 1 aliphatic carbocycles. The molecule has 3 heteroatoms. The van der Waals surface area contributed by atoms with Crippen molar-refractivity contribution in [2.45, 2.75) is 44.6 Å². The Kier molecular flexibility index (Phi) is 4.29. The molecule has 0 spiro atoms. The molecule has 1 saturated carbocycles. The van der Waals surface area contributed by atoms with Crippen LogP contribution in [0.3, 0.4) is 0 Å². The lowest BCUT2D eigenvalue weighted by Crippen LogP contribution is -2.44. The fourth-order valence-corrected chi connectivity index (χ4v) is 4.04. The van der Waals surface area contributed by atoms with E-state index in [1.54, 1.807) is 0 Å². The van der Waals surface area contributed by atoms with Gasteiger partial charge in [0.15, 0.2) is 0 Å². The molecule has 114 valence electrons. The van der Waals surface area contributed by atoms with Gasteiger partial charge >= 0.3 is 0 Å². The second-order valence-corrected chi connectivity index (χ2v) is 6.84. The second-order valence-electron chi connectivity index (χ2n) is 6.84. The third kappa shape index (κ3) is 3.13. The van der Waals surface area contributed by atoms with Crippen molar-refractivity contribution in [3.05, 3.63) is 35.9 Å². The molecule has 4 unspecified atom stereocenters. The first-order valence-corrected chi connectivity index (χ1v) is 8.24. The Morgan fingerprint density at radius 1 is 1.19 bits per heavy atom. The van der Waals surface area contributed by atoms with Crippen LogP contribution < -0.4 is 5.73 Å². The molecule has 2 fully saturated rings. The summed E-state index contributed by atoms with van der Waals surface area (Å²) in [6.07, 6.45) is 3.95. The molecular formula is C18H26N2O. The Labute approximate surface area is 127 Å². The van der Waals surface area contributed by atoms with Crippen molar-refractivity contribution in [1.82, 2.24) is 4.90 Å². The molecular weight excluding hydrogens is 260 g/mol. The number of nitrogens with two attached hydrogens (primary N) is 1. The molecule has 1 saturated heterocycles. The van der Waals surface area contributed by atoms with Crippen LogP contribution in [-0.4, -0.2) is 29.9 Å². The van der Waals surface area contributed by atoms with Crippen LogP contribution in [0, 0.1) is 11.8 Å². The Hall–Kier alpha value is -1.35. The molecule has 0 radical (unpaired) electrons. The standard InChI is InChI=1S/C18H26N2O/c1-13-12-20(18(21)15-7-8-16(19)11-15)10-9-17(13)14-5-3-2-4-6-14/h2-6,13,15-17H,7-12,19H2,1H3. The summed E-state index contributed by atoms with van der Waals surface area (Å²) < 4.78 is 0. The quantitative estimate of drug-likeness (QED) is 0.908. The largest absolute Gasteiger partial charge is 0.342 e. The van der Waals surface area contributed by atoms with E-state index in [-0.39, 0.29) is 12.0 Å². The van der Waals surface area contributed by atoms with Gasteiger partial charge in [0.25, 0.3) is 0 Å². The Morgan fingerprint density at radius 3 is 2.57 bits per heavy atom. The van der Waals surface area contributed by atoms with Crippen molar-refractivity contribution in [2.75, 3.05) is 13.1 Å². The molecule has 0 bridgehead atoms. The molecule has 1 amide bonds. The van der Waals surface area contributed by atoms with Crippen molar-refractivity contribution < 1.29 is 4.79 Å². The molecule has 1 aromatic rings. The second kappa shape index (κ2) is 6.18. The number of likely N-dealkylation sites (tertiary alicyclic amines) is 1. The van der Waals surface area contributed by atoms with Crippen molar-refractivity contribution in [3.63, 3.8) is 0 Å². The molecule has 3 nitrogen and oxygen atoms in total. The molecule has 21 heavy (non-hydrogen) atoms. The summed E-state index contributed by atoms with van der Waals surface area (Å²) in [5.41, 5.74) is 7.36. The van der Waals surface area contributed by atoms with Gasteiger partial charge in [0, 0.05) is 25.0 Å². The van der Waals surface area contributed by atoms with Crippen LogP contribution in [0.4, 0.5) is 0 Å². The summed E-state index contributed by atoms with van der Waals surface area (Å²) in [4.78, 5) is 14.7. The van der Waals surface area contributed by atoms with Gasteiger partial charge in [-0.1, -0.05) is 37.3 Å². The predicted octanol–water partition coefficient (Wildman–Crippen LogP) is 2.77. The number of nitrogens with zero attached hydrogens (tertiary/aromatic N) is 1. The Bertz CT molecular complexity index is 487. The lowest BCUT2D eigenvalue weighted by Gasteiger charge is -2.38. The monoisotopic (exact) mass is 286 g/mol. The lowest BCUT2D eigenvalue weighted by atomic mass is 9.81. The molecule has 1 heterocycles. The van der Waals surface area contributed by atoms with Crippen LogP contribution in [0.5, 0.6) is 0 Å². The van der Waals surface area contributed by atoms with Gasteiger partial charge in [-0.2, -0.15) is 0 Å². The summed E-state index contributed by atoms with van der Waals surface area (Å²) in [6.45, 7) is 4.07. The Morgan fingerprint density at radius 2 is 1.95 bits per heavy atom. The fourth-order valence-electron chi connectivity index (χ4n) is 4.04. The summed E-state index contributed by atoms with van der Waals surface area (Å²) >= 11 is 0. The fraction of sp³-hybridized carbons (Fsp3) is 0.611. The van der Waals surface area contributed by atoms with Crippen molar-refractivity contribution in [1.29, 1.82) is 0 Å². The van der Waals surface area contributed by atoms with Gasteiger partial charge in [-0.15, -0.1) is 0 Å². The first kappa shape index (κ1) is 14.6. The highest BCUT2D eigenvalue weighted by Crippen LogP contribution is 2.34. The van der Waals surface area contributed by atoms with E-state index in [0.29, 0.717) is 17.7 Å². The highest BCUT2D eigenvalue weighted by atomic mass is 16.2. The van der Waals surface area contributed by atoms with Crippen molar-refractivity contribution in [3.8, 4) is 0 Å². The maximum atomic E-state index is 12.6. The third-order valence-corrected chi connectivity index (χ3v) is 5.27. The van der Waals surface area contributed by atoms with Crippen molar-refractivity contribution >= 4 is 5.91 Å². The van der Waals surface area contributed by atoms with Crippen molar-refractivity contribution in [2.24, 2.45) is 17.6 Å². The predicted molar refractivity (Wildman–Crippen MR) is 84.9 cm³/mol. The molecule has 4 atom stereocenters. The van der Waals surface area contributed by atoms with Crippen LogP contribution in [0.2, 0.25) is 0 Å². The minimum Gasteiger partial charge on any atom is -0.342 e. The topological polar surface area (TPSA) is 46.3 Å². The number of carbonyl (C=O) groups excluding carboxylic acids is 1. The van der Waals surface area contributed by atoms with Crippen LogP contribution >= 0.6 is 0 Å². The van der Waals surface area contributed by atoms with E-state index in [9.17, 15) is 4.79 Å². The van der Waals surface area contributed by atoms with E-state index >= 15 is 0 Å². The highest BCUT2D eigenvalue weighted by molar-refractivity contribution is 5.79. The number of carbonyl (C=O) groups is 1. The van der Waals surface area contributed by atoms with E-state index in [4.69, 9.17) is 5.73 Å². The lowest BCUT2D eigenvalue weighted by molar-refractivity contribution is -0.137. The van der Waals surface area contributed by atoms with Gasteiger partial charge < -0.3 is 10.6 Å². The van der Waals surface area contributed by atoms with Gasteiger partial charge in [-0.25, -0.2) is 0 Å². The van der Waals surface area contributed by atoms with Crippen LogP contribution in [-0.2, 0) is 4.79 Å². The average molecular weight is 286 g/mol. The number of amides is 1. The van der Waals surface area contributed by atoms with Crippen LogP contribution in [0.25, 0.3) is 0 Å². The SMILES string of the molecule is CC1CN(C(=O)C2CCC(N)C2)CCC1c1ccccc1. The number of hydrogen-bond acceptors (Lipinski definition) is 2. The minimum atomic E-state index is 0.181. The highest BCUT2D eigenvalue weighted by Gasteiger charge is 2.35. The summed E-state index contributed by atoms with van der Waals surface area (Å²) in [5, 5.41) is 0. The van der Waals surface area contributed by atoms with Gasteiger partial charge in [0.05, 0.1) is 0 Å². The van der Waals surface area contributed by atoms with Crippen LogP contribution in [0.15, 0.2) is 30.3 Å². The number of piperidine rings is 1. The molecule has 1 aliphatic heterocycles. The van der Waals surface area contributed by atoms with E-state index < -0.39 is 0 Å². The molecule has 2 aliphatic rings. The first-order valence-electron chi connectivity index (χ1n) is 8.24. The van der Waals surface area contributed by atoms with Gasteiger partial charge in [0.1, 0.15) is 0 Å². The Balaban J connectivity index is 1.62. The van der Waals surface area contributed by atoms with Gasteiger partial charge in [0.2, 0.25) is 5.91 Å². The summed E-state index contributed by atoms with van der Waals surface area (Å²) in [7, 11) is 0. The third-order valence-electron chi connectivity index (χ3n) is 5.27. The molecule has 2 N–H and O–H groups in total. The summed E-state index contributed by atoms with van der Waals surface area (Å²) in [6, 6.07) is 11.0. The maximum absolute atomic E-state index is 12.6. The number of benzene rings is 1. The van der Waals surface area contributed by atoms with Gasteiger partial charge in [-0.05, 0) is 43.1 Å². The molecule has 0 aromatic heterocycles.